The molecule has 0 bridgehead atoms. The van der Waals surface area contributed by atoms with Crippen molar-refractivity contribution in [3.8, 4) is 10.7 Å². The summed E-state index contributed by atoms with van der Waals surface area (Å²) >= 11 is 1.41. The average Bonchev–Trinajstić information content (AvgIpc) is 3.12. The standard InChI is InChI=1S/C18H15N3O3S/c22-16-12-4-1-2-6-15(12)25-17(20-16)13-10-11(7-8-19-13)14-5-3-9-21(14)18(23)24/h1-2,4,6-8,10,14H,3,5,9H2,(H,23,24). The van der Waals surface area contributed by atoms with Gasteiger partial charge in [-0.15, -0.1) is 11.3 Å². The van der Waals surface area contributed by atoms with Gasteiger partial charge >= 0.3 is 6.09 Å². The molecule has 2 aromatic heterocycles. The Balaban J connectivity index is 1.77. The number of carbonyl (C=O) groups is 1. The second-order valence-corrected chi connectivity index (χ2v) is 6.96. The van der Waals surface area contributed by atoms with E-state index in [2.05, 4.69) is 9.97 Å². The number of benzene rings is 1. The number of hydrogen-bond acceptors (Lipinski definition) is 5. The summed E-state index contributed by atoms with van der Waals surface area (Å²) in [5.74, 6) is 0. The van der Waals surface area contributed by atoms with Gasteiger partial charge in [0.25, 0.3) is 5.56 Å². The Kier molecular flexibility index (Phi) is 3.93. The Morgan fingerprint density at radius 1 is 1.28 bits per heavy atom. The van der Waals surface area contributed by atoms with E-state index in [0.29, 0.717) is 22.6 Å². The summed E-state index contributed by atoms with van der Waals surface area (Å²) in [6.45, 7) is 0.541. The Morgan fingerprint density at radius 2 is 2.12 bits per heavy atom. The maximum atomic E-state index is 12.2. The van der Waals surface area contributed by atoms with Gasteiger partial charge in [-0.1, -0.05) is 12.1 Å². The molecule has 3 aromatic rings. The molecule has 1 N–H and O–H groups in total. The molecule has 1 fully saturated rings. The first-order valence-electron chi connectivity index (χ1n) is 7.99. The minimum atomic E-state index is -0.908. The molecule has 0 spiro atoms. The van der Waals surface area contributed by atoms with Crippen LogP contribution in [0.1, 0.15) is 24.4 Å². The second-order valence-electron chi connectivity index (χ2n) is 5.93. The smallest absolute Gasteiger partial charge is 0.407 e. The van der Waals surface area contributed by atoms with E-state index in [1.807, 2.05) is 30.3 Å². The first-order valence-corrected chi connectivity index (χ1v) is 8.81. The van der Waals surface area contributed by atoms with Crippen LogP contribution in [0.5, 0.6) is 0 Å². The maximum absolute atomic E-state index is 12.2. The zero-order chi connectivity index (χ0) is 17.4. The molecule has 6 nitrogen and oxygen atoms in total. The number of likely N-dealkylation sites (tertiary alicyclic amines) is 1. The lowest BCUT2D eigenvalue weighted by molar-refractivity contribution is 0.140. The third-order valence-electron chi connectivity index (χ3n) is 4.41. The van der Waals surface area contributed by atoms with Crippen molar-refractivity contribution in [2.24, 2.45) is 0 Å². The van der Waals surface area contributed by atoms with Gasteiger partial charge in [-0.05, 0) is 42.7 Å². The monoisotopic (exact) mass is 353 g/mol. The highest BCUT2D eigenvalue weighted by molar-refractivity contribution is 7.21. The molecule has 1 atom stereocenters. The van der Waals surface area contributed by atoms with E-state index in [4.69, 9.17) is 0 Å². The average molecular weight is 353 g/mol. The van der Waals surface area contributed by atoms with Crippen LogP contribution in [-0.4, -0.2) is 32.6 Å². The summed E-state index contributed by atoms with van der Waals surface area (Å²) in [4.78, 5) is 33.6. The summed E-state index contributed by atoms with van der Waals surface area (Å²) < 4.78 is 0.859. The summed E-state index contributed by atoms with van der Waals surface area (Å²) in [6, 6.07) is 10.9. The van der Waals surface area contributed by atoms with Crippen LogP contribution in [0.2, 0.25) is 0 Å². The molecule has 7 heteroatoms. The number of hydrogen-bond donors (Lipinski definition) is 1. The molecular weight excluding hydrogens is 338 g/mol. The van der Waals surface area contributed by atoms with E-state index in [0.717, 1.165) is 23.1 Å². The van der Waals surface area contributed by atoms with Crippen molar-refractivity contribution in [2.75, 3.05) is 6.54 Å². The number of rotatable bonds is 2. The highest BCUT2D eigenvalue weighted by Crippen LogP contribution is 2.33. The molecule has 25 heavy (non-hydrogen) atoms. The van der Waals surface area contributed by atoms with Crippen LogP contribution < -0.4 is 5.56 Å². The Hall–Kier alpha value is -2.80. The van der Waals surface area contributed by atoms with Crippen molar-refractivity contribution in [2.45, 2.75) is 18.9 Å². The predicted octanol–water partition coefficient (Wildman–Crippen LogP) is 3.53. The minimum absolute atomic E-state index is 0.170. The molecular formula is C18H15N3O3S. The molecule has 1 aliphatic heterocycles. The number of nitrogens with zero attached hydrogens (tertiary/aromatic N) is 3. The van der Waals surface area contributed by atoms with Crippen molar-refractivity contribution < 1.29 is 9.90 Å². The fraction of sp³-hybridized carbons (Fsp3) is 0.222. The lowest BCUT2D eigenvalue weighted by atomic mass is 10.1. The first kappa shape index (κ1) is 15.7. The van der Waals surface area contributed by atoms with Crippen LogP contribution in [0, 0.1) is 0 Å². The van der Waals surface area contributed by atoms with E-state index in [-0.39, 0.29) is 11.6 Å². The molecule has 1 unspecified atom stereocenters. The normalized spacial score (nSPS) is 17.1. The number of fused-ring (bicyclic) bond motifs is 1. The summed E-state index contributed by atoms with van der Waals surface area (Å²) in [5.41, 5.74) is 1.21. The van der Waals surface area contributed by atoms with Crippen molar-refractivity contribution in [3.05, 3.63) is 58.5 Å². The zero-order valence-electron chi connectivity index (χ0n) is 13.3. The van der Waals surface area contributed by atoms with Gasteiger partial charge in [0.2, 0.25) is 0 Å². The lowest BCUT2D eigenvalue weighted by Gasteiger charge is -2.22. The fourth-order valence-electron chi connectivity index (χ4n) is 3.23. The van der Waals surface area contributed by atoms with Crippen LogP contribution in [0.3, 0.4) is 0 Å². The number of aromatic nitrogens is 2. The molecule has 1 amide bonds. The molecule has 0 aliphatic carbocycles. The molecule has 1 aliphatic rings. The van der Waals surface area contributed by atoms with Gasteiger partial charge in [0.05, 0.1) is 17.1 Å². The number of carboxylic acid groups (broad SMARTS) is 1. The number of amides is 1. The van der Waals surface area contributed by atoms with Crippen LogP contribution in [0.4, 0.5) is 4.79 Å². The van der Waals surface area contributed by atoms with E-state index in [1.165, 1.54) is 16.2 Å². The van der Waals surface area contributed by atoms with Gasteiger partial charge in [0.15, 0.2) is 0 Å². The first-order chi connectivity index (χ1) is 12.1. The van der Waals surface area contributed by atoms with E-state index in [1.54, 1.807) is 12.3 Å². The molecule has 4 rings (SSSR count). The molecule has 3 heterocycles. The van der Waals surface area contributed by atoms with E-state index < -0.39 is 6.09 Å². The van der Waals surface area contributed by atoms with Crippen LogP contribution in [-0.2, 0) is 0 Å². The maximum Gasteiger partial charge on any atom is 0.407 e. The molecule has 0 radical (unpaired) electrons. The van der Waals surface area contributed by atoms with Crippen LogP contribution in [0.25, 0.3) is 20.8 Å². The van der Waals surface area contributed by atoms with Gasteiger partial charge in [-0.2, -0.15) is 4.98 Å². The second kappa shape index (κ2) is 6.25. The van der Waals surface area contributed by atoms with E-state index in [9.17, 15) is 14.7 Å². The quantitative estimate of drug-likeness (QED) is 0.762. The van der Waals surface area contributed by atoms with Crippen molar-refractivity contribution in [1.82, 2.24) is 14.9 Å². The van der Waals surface area contributed by atoms with Crippen LogP contribution >= 0.6 is 11.3 Å². The Bertz CT molecular complexity index is 1020. The Morgan fingerprint density at radius 3 is 2.96 bits per heavy atom. The summed E-state index contributed by atoms with van der Waals surface area (Å²) in [6.07, 6.45) is 2.37. The third kappa shape index (κ3) is 2.87. The summed E-state index contributed by atoms with van der Waals surface area (Å²) in [5, 5.41) is 10.5. The fourth-order valence-corrected chi connectivity index (χ4v) is 4.20. The molecule has 1 saturated heterocycles. The zero-order valence-corrected chi connectivity index (χ0v) is 14.1. The molecule has 126 valence electrons. The third-order valence-corrected chi connectivity index (χ3v) is 5.48. The molecule has 1 aromatic carbocycles. The van der Waals surface area contributed by atoms with Crippen molar-refractivity contribution >= 4 is 27.5 Å². The topological polar surface area (TPSA) is 83.4 Å². The van der Waals surface area contributed by atoms with Gasteiger partial charge in [-0.25, -0.2) is 4.79 Å². The van der Waals surface area contributed by atoms with Crippen molar-refractivity contribution in [3.63, 3.8) is 0 Å². The van der Waals surface area contributed by atoms with Crippen LogP contribution in [0.15, 0.2) is 47.4 Å². The van der Waals surface area contributed by atoms with Gasteiger partial charge in [-0.3, -0.25) is 9.78 Å². The largest absolute Gasteiger partial charge is 0.465 e. The minimum Gasteiger partial charge on any atom is -0.465 e. The van der Waals surface area contributed by atoms with Gasteiger partial charge in [0.1, 0.15) is 5.01 Å². The highest BCUT2D eigenvalue weighted by atomic mass is 32.1. The predicted molar refractivity (Wildman–Crippen MR) is 95.8 cm³/mol. The number of pyridine rings is 1. The lowest BCUT2D eigenvalue weighted by Crippen LogP contribution is -2.28. The highest BCUT2D eigenvalue weighted by Gasteiger charge is 2.30. The SMILES string of the molecule is O=C(O)N1CCCC1c1ccnc(-c2nc(=O)c3ccccc3s2)c1. The van der Waals surface area contributed by atoms with Gasteiger partial charge in [0, 0.05) is 17.4 Å². The van der Waals surface area contributed by atoms with E-state index >= 15 is 0 Å². The van der Waals surface area contributed by atoms with Gasteiger partial charge < -0.3 is 10.0 Å². The Labute approximate surface area is 147 Å². The molecule has 0 saturated carbocycles. The van der Waals surface area contributed by atoms with Crippen molar-refractivity contribution in [1.29, 1.82) is 0 Å². The summed E-state index contributed by atoms with van der Waals surface area (Å²) in [7, 11) is 0.